The van der Waals surface area contributed by atoms with Gasteiger partial charge in [-0.2, -0.15) is 13.2 Å². The number of alkyl halides is 3. The number of hydrogen-bond acceptors (Lipinski definition) is 4. The third kappa shape index (κ3) is 5.53. The summed E-state index contributed by atoms with van der Waals surface area (Å²) in [6, 6.07) is 11.1. The molecule has 1 N–H and O–H groups in total. The maximum absolute atomic E-state index is 13.8. The topological polar surface area (TPSA) is 67.9 Å². The Labute approximate surface area is 220 Å². The Hall–Kier alpha value is -3.27. The molecule has 0 aliphatic carbocycles. The van der Waals surface area contributed by atoms with Crippen LogP contribution in [-0.4, -0.2) is 31.6 Å². The Balaban J connectivity index is 1.85. The van der Waals surface area contributed by atoms with Gasteiger partial charge in [-0.1, -0.05) is 41.9 Å². The number of halogens is 4. The van der Waals surface area contributed by atoms with E-state index in [1.165, 1.54) is 18.1 Å². The van der Waals surface area contributed by atoms with Gasteiger partial charge in [-0.05, 0) is 53.6 Å². The third-order valence-electron chi connectivity index (χ3n) is 6.51. The summed E-state index contributed by atoms with van der Waals surface area (Å²) < 4.78 is 53.1. The van der Waals surface area contributed by atoms with Crippen LogP contribution in [0.4, 0.5) is 18.9 Å². The van der Waals surface area contributed by atoms with E-state index in [9.17, 15) is 22.8 Å². The zero-order chi connectivity index (χ0) is 26.9. The molecule has 6 nitrogen and oxygen atoms in total. The Kier molecular flexibility index (Phi) is 7.68. The molecule has 2 amide bonds. The highest BCUT2D eigenvalue weighted by Crippen LogP contribution is 2.40. The lowest BCUT2D eigenvalue weighted by atomic mass is 10.0. The molecule has 1 aliphatic heterocycles. The van der Waals surface area contributed by atoms with Crippen LogP contribution in [0.25, 0.3) is 10.8 Å². The molecule has 0 fully saturated rings. The van der Waals surface area contributed by atoms with Crippen LogP contribution in [0.2, 0.25) is 0 Å². The fourth-order valence-corrected chi connectivity index (χ4v) is 4.58. The number of hydrogen-bond donors (Lipinski definition) is 1. The summed E-state index contributed by atoms with van der Waals surface area (Å²) in [5.74, 6) is -0.671. The van der Waals surface area contributed by atoms with Gasteiger partial charge in [0, 0.05) is 16.0 Å². The van der Waals surface area contributed by atoms with E-state index in [1.54, 1.807) is 13.0 Å². The second-order valence-electron chi connectivity index (χ2n) is 8.90. The minimum absolute atomic E-state index is 0.0312. The van der Waals surface area contributed by atoms with E-state index in [-0.39, 0.29) is 36.4 Å². The monoisotopic (exact) mass is 578 g/mol. The van der Waals surface area contributed by atoms with Gasteiger partial charge in [0.15, 0.2) is 0 Å². The van der Waals surface area contributed by atoms with Crippen molar-refractivity contribution in [1.29, 1.82) is 0 Å². The predicted octanol–water partition coefficient (Wildman–Crippen LogP) is 6.09. The van der Waals surface area contributed by atoms with Crippen molar-refractivity contribution in [2.24, 2.45) is 5.92 Å². The molecule has 0 aromatic heterocycles. The quantitative estimate of drug-likeness (QED) is 0.384. The molecule has 0 radical (unpaired) electrons. The molecule has 0 bridgehead atoms. The van der Waals surface area contributed by atoms with Crippen LogP contribution < -0.4 is 19.7 Å². The van der Waals surface area contributed by atoms with E-state index >= 15 is 0 Å². The zero-order valence-corrected chi connectivity index (χ0v) is 22.1. The van der Waals surface area contributed by atoms with Crippen LogP contribution in [0.15, 0.2) is 53.0 Å². The van der Waals surface area contributed by atoms with Gasteiger partial charge in [-0.25, -0.2) is 0 Å². The van der Waals surface area contributed by atoms with E-state index in [0.29, 0.717) is 17.7 Å². The first kappa shape index (κ1) is 26.8. The first-order valence-corrected chi connectivity index (χ1v) is 12.5. The van der Waals surface area contributed by atoms with Crippen molar-refractivity contribution < 1.29 is 32.2 Å². The molecule has 0 unspecified atom stereocenters. The number of carbonyl (C=O) groups is 2. The molecular weight excluding hydrogens is 553 g/mol. The molecule has 0 saturated heterocycles. The Morgan fingerprint density at radius 3 is 2.65 bits per heavy atom. The second kappa shape index (κ2) is 10.6. The van der Waals surface area contributed by atoms with Crippen molar-refractivity contribution in [3.63, 3.8) is 0 Å². The van der Waals surface area contributed by atoms with E-state index in [2.05, 4.69) is 21.2 Å². The average Bonchev–Trinajstić information content (AvgIpc) is 2.99. The van der Waals surface area contributed by atoms with E-state index in [4.69, 9.17) is 9.47 Å². The molecule has 10 heteroatoms. The van der Waals surface area contributed by atoms with E-state index < -0.39 is 23.7 Å². The van der Waals surface area contributed by atoms with Crippen molar-refractivity contribution in [3.05, 3.63) is 64.1 Å². The summed E-state index contributed by atoms with van der Waals surface area (Å²) >= 11 is 3.45. The number of nitrogens with zero attached hydrogens (tertiary/aromatic N) is 1. The summed E-state index contributed by atoms with van der Waals surface area (Å²) in [6.45, 7) is 3.27. The van der Waals surface area contributed by atoms with Crippen LogP contribution in [0.1, 0.15) is 31.4 Å². The second-order valence-corrected chi connectivity index (χ2v) is 9.81. The summed E-state index contributed by atoms with van der Waals surface area (Å²) in [6.07, 6.45) is -4.06. The third-order valence-corrected chi connectivity index (χ3v) is 7.00. The zero-order valence-electron chi connectivity index (χ0n) is 20.5. The number of benzene rings is 3. The SMILES string of the molecule is CC[C@@H](C)C(=O)N[C@H]1COc2ccc(C(F)(F)F)cc2N(Cc2c(OC)ccc3cc(Br)ccc23)C1=O. The Bertz CT molecular complexity index is 1350. The van der Waals surface area contributed by atoms with Crippen LogP contribution >= 0.6 is 15.9 Å². The maximum atomic E-state index is 13.8. The van der Waals surface area contributed by atoms with Crippen molar-refractivity contribution >= 4 is 44.2 Å². The van der Waals surface area contributed by atoms with Gasteiger partial charge < -0.3 is 19.7 Å². The largest absolute Gasteiger partial charge is 0.496 e. The van der Waals surface area contributed by atoms with Crippen molar-refractivity contribution in [2.75, 3.05) is 18.6 Å². The highest BCUT2D eigenvalue weighted by atomic mass is 79.9. The minimum Gasteiger partial charge on any atom is -0.496 e. The number of rotatable bonds is 6. The van der Waals surface area contributed by atoms with Crippen molar-refractivity contribution in [3.8, 4) is 11.5 Å². The summed E-state index contributed by atoms with van der Waals surface area (Å²) in [5.41, 5.74) is -0.335. The Morgan fingerprint density at radius 2 is 1.97 bits per heavy atom. The summed E-state index contributed by atoms with van der Waals surface area (Å²) in [5, 5.41) is 4.34. The first-order valence-electron chi connectivity index (χ1n) is 11.7. The van der Waals surface area contributed by atoms with Gasteiger partial charge in [-0.15, -0.1) is 0 Å². The number of amides is 2. The van der Waals surface area contributed by atoms with Gasteiger partial charge in [-0.3, -0.25) is 9.59 Å². The minimum atomic E-state index is -4.62. The van der Waals surface area contributed by atoms with Crippen molar-refractivity contribution in [1.82, 2.24) is 5.32 Å². The van der Waals surface area contributed by atoms with Gasteiger partial charge in [0.2, 0.25) is 5.91 Å². The predicted molar refractivity (Wildman–Crippen MR) is 138 cm³/mol. The van der Waals surface area contributed by atoms with Gasteiger partial charge in [0.05, 0.1) is 24.9 Å². The number of anilines is 1. The van der Waals surface area contributed by atoms with Gasteiger partial charge in [0.1, 0.15) is 24.1 Å². The van der Waals surface area contributed by atoms with Crippen LogP contribution in [0.3, 0.4) is 0 Å². The Morgan fingerprint density at radius 1 is 1.22 bits per heavy atom. The molecule has 3 aromatic rings. The summed E-state index contributed by atoms with van der Waals surface area (Å²) in [4.78, 5) is 27.7. The lowest BCUT2D eigenvalue weighted by Gasteiger charge is -2.27. The molecule has 0 spiro atoms. The van der Waals surface area contributed by atoms with Crippen molar-refractivity contribution in [2.45, 2.75) is 39.0 Å². The fourth-order valence-electron chi connectivity index (χ4n) is 4.20. The molecule has 1 heterocycles. The average molecular weight is 579 g/mol. The van der Waals surface area contributed by atoms with E-state index in [1.807, 2.05) is 31.2 Å². The number of nitrogens with one attached hydrogen (secondary N) is 1. The summed E-state index contributed by atoms with van der Waals surface area (Å²) in [7, 11) is 1.49. The number of methoxy groups -OCH3 is 1. The normalized spacial score (nSPS) is 16.6. The van der Waals surface area contributed by atoms with Crippen LogP contribution in [0, 0.1) is 5.92 Å². The highest BCUT2D eigenvalue weighted by Gasteiger charge is 2.37. The van der Waals surface area contributed by atoms with E-state index in [0.717, 1.165) is 27.4 Å². The highest BCUT2D eigenvalue weighted by molar-refractivity contribution is 9.10. The van der Waals surface area contributed by atoms with Gasteiger partial charge >= 0.3 is 6.18 Å². The number of ether oxygens (including phenoxy) is 2. The number of carbonyl (C=O) groups excluding carboxylic acids is 2. The molecule has 4 rings (SSSR count). The van der Waals surface area contributed by atoms with Gasteiger partial charge in [0.25, 0.3) is 5.91 Å². The lowest BCUT2D eigenvalue weighted by Crippen LogP contribution is -2.51. The molecule has 2 atom stereocenters. The smallest absolute Gasteiger partial charge is 0.416 e. The number of fused-ring (bicyclic) bond motifs is 2. The van der Waals surface area contributed by atoms with Crippen LogP contribution in [0.5, 0.6) is 11.5 Å². The standard InChI is InChI=1S/C27H26BrF3N2O4/c1-4-15(2)25(34)32-21-14-37-24-10-6-17(27(29,30)31)12-22(24)33(26(21)35)13-20-19-8-7-18(28)11-16(19)5-9-23(20)36-3/h5-12,15,21H,4,13-14H2,1-3H3,(H,32,34)/t15-,21+/m1/s1. The maximum Gasteiger partial charge on any atom is 0.416 e. The molecule has 37 heavy (non-hydrogen) atoms. The molecule has 3 aromatic carbocycles. The first-order chi connectivity index (χ1) is 17.5. The fraction of sp³-hybridized carbons (Fsp3) is 0.333. The molecule has 196 valence electrons. The lowest BCUT2D eigenvalue weighted by molar-refractivity contribution is -0.137. The molecule has 1 aliphatic rings. The van der Waals surface area contributed by atoms with Crippen LogP contribution in [-0.2, 0) is 22.3 Å². The molecular formula is C27H26BrF3N2O4. The molecule has 0 saturated carbocycles.